The van der Waals surface area contributed by atoms with E-state index in [1.807, 2.05) is 12.1 Å². The number of aromatic nitrogens is 3. The summed E-state index contributed by atoms with van der Waals surface area (Å²) in [6, 6.07) is 5.53. The Morgan fingerprint density at radius 1 is 1.31 bits per heavy atom. The molecule has 0 unspecified atom stereocenters. The van der Waals surface area contributed by atoms with Gasteiger partial charge in [-0.3, -0.25) is 9.67 Å². The third-order valence-electron chi connectivity index (χ3n) is 2.29. The molecule has 2 heterocycles. The van der Waals surface area contributed by atoms with Gasteiger partial charge in [-0.25, -0.2) is 0 Å². The van der Waals surface area contributed by atoms with Gasteiger partial charge in [-0.2, -0.15) is 5.10 Å². The van der Waals surface area contributed by atoms with Crippen molar-refractivity contribution < 1.29 is 10.2 Å². The van der Waals surface area contributed by atoms with Crippen LogP contribution in [0.2, 0.25) is 0 Å². The molecule has 0 bridgehead atoms. The molecule has 2 aromatic rings. The van der Waals surface area contributed by atoms with Gasteiger partial charge < -0.3 is 10.2 Å². The lowest BCUT2D eigenvalue weighted by atomic mass is 10.2. The summed E-state index contributed by atoms with van der Waals surface area (Å²) in [5.41, 5.74) is 2.34. The summed E-state index contributed by atoms with van der Waals surface area (Å²) < 4.78 is 1.60. The SMILES string of the molecule is OCCn1nc(-c2cccnc2)cc1CO. The highest BCUT2D eigenvalue weighted by Crippen LogP contribution is 2.17. The van der Waals surface area contributed by atoms with E-state index in [9.17, 15) is 0 Å². The Morgan fingerprint density at radius 3 is 2.81 bits per heavy atom. The molecule has 5 nitrogen and oxygen atoms in total. The van der Waals surface area contributed by atoms with Crippen molar-refractivity contribution in [2.24, 2.45) is 0 Å². The first kappa shape index (κ1) is 10.8. The van der Waals surface area contributed by atoms with Gasteiger partial charge in [0.05, 0.1) is 31.1 Å². The van der Waals surface area contributed by atoms with Gasteiger partial charge in [-0.15, -0.1) is 0 Å². The van der Waals surface area contributed by atoms with Crippen molar-refractivity contribution in [3.8, 4) is 11.3 Å². The van der Waals surface area contributed by atoms with Crippen molar-refractivity contribution in [2.45, 2.75) is 13.2 Å². The Balaban J connectivity index is 2.36. The minimum absolute atomic E-state index is 0.00115. The van der Waals surface area contributed by atoms with Crippen LogP contribution in [0.1, 0.15) is 5.69 Å². The average molecular weight is 219 g/mol. The number of hydrogen-bond donors (Lipinski definition) is 2. The van der Waals surface area contributed by atoms with Crippen LogP contribution in [0.3, 0.4) is 0 Å². The fourth-order valence-electron chi connectivity index (χ4n) is 1.53. The highest BCUT2D eigenvalue weighted by molar-refractivity contribution is 5.57. The van der Waals surface area contributed by atoms with E-state index in [2.05, 4.69) is 10.1 Å². The van der Waals surface area contributed by atoms with E-state index >= 15 is 0 Å². The van der Waals surface area contributed by atoms with E-state index in [0.717, 1.165) is 11.3 Å². The molecule has 2 N–H and O–H groups in total. The van der Waals surface area contributed by atoms with Crippen molar-refractivity contribution in [3.05, 3.63) is 36.3 Å². The zero-order chi connectivity index (χ0) is 11.4. The van der Waals surface area contributed by atoms with Crippen LogP contribution in [-0.2, 0) is 13.2 Å². The summed E-state index contributed by atoms with van der Waals surface area (Å²) >= 11 is 0. The van der Waals surface area contributed by atoms with E-state index < -0.39 is 0 Å². The summed E-state index contributed by atoms with van der Waals surface area (Å²) in [7, 11) is 0. The lowest BCUT2D eigenvalue weighted by Gasteiger charge is -2.01. The molecule has 0 aliphatic rings. The van der Waals surface area contributed by atoms with Crippen LogP contribution in [0.15, 0.2) is 30.6 Å². The molecule has 0 aromatic carbocycles. The zero-order valence-electron chi connectivity index (χ0n) is 8.74. The first-order valence-electron chi connectivity index (χ1n) is 5.04. The number of aliphatic hydroxyl groups excluding tert-OH is 2. The van der Waals surface area contributed by atoms with E-state index in [1.165, 1.54) is 0 Å². The molecule has 0 aliphatic heterocycles. The highest BCUT2D eigenvalue weighted by atomic mass is 16.3. The lowest BCUT2D eigenvalue weighted by molar-refractivity contribution is 0.244. The lowest BCUT2D eigenvalue weighted by Crippen LogP contribution is -2.07. The molecule has 0 spiro atoms. The summed E-state index contributed by atoms with van der Waals surface area (Å²) in [6.07, 6.45) is 3.41. The smallest absolute Gasteiger partial charge is 0.0942 e. The molecule has 2 rings (SSSR count). The second kappa shape index (κ2) is 4.87. The van der Waals surface area contributed by atoms with Gasteiger partial charge in [-0.05, 0) is 18.2 Å². The minimum Gasteiger partial charge on any atom is -0.394 e. The summed E-state index contributed by atoms with van der Waals surface area (Å²) in [4.78, 5) is 4.01. The molecule has 0 amide bonds. The second-order valence-electron chi connectivity index (χ2n) is 3.37. The molecule has 0 saturated carbocycles. The van der Waals surface area contributed by atoms with Crippen LogP contribution in [-0.4, -0.2) is 31.6 Å². The van der Waals surface area contributed by atoms with Crippen molar-refractivity contribution in [1.29, 1.82) is 0 Å². The molecule has 0 atom stereocenters. The van der Waals surface area contributed by atoms with Crippen molar-refractivity contribution >= 4 is 0 Å². The Labute approximate surface area is 93.0 Å². The van der Waals surface area contributed by atoms with Crippen LogP contribution >= 0.6 is 0 Å². The van der Waals surface area contributed by atoms with Crippen molar-refractivity contribution in [2.75, 3.05) is 6.61 Å². The van der Waals surface area contributed by atoms with Crippen molar-refractivity contribution in [3.63, 3.8) is 0 Å². The molecule has 0 radical (unpaired) electrons. The zero-order valence-corrected chi connectivity index (χ0v) is 8.74. The standard InChI is InChI=1S/C11H13N3O2/c15-5-4-14-10(8-16)6-11(13-14)9-2-1-3-12-7-9/h1-3,6-7,15-16H,4-5,8H2. The number of rotatable bonds is 4. The largest absolute Gasteiger partial charge is 0.394 e. The van der Waals surface area contributed by atoms with E-state index in [0.29, 0.717) is 12.2 Å². The normalized spacial score (nSPS) is 10.6. The maximum Gasteiger partial charge on any atom is 0.0942 e. The summed E-state index contributed by atoms with van der Waals surface area (Å²) in [6.45, 7) is 0.296. The van der Waals surface area contributed by atoms with Gasteiger partial charge in [0.2, 0.25) is 0 Å². The van der Waals surface area contributed by atoms with E-state index in [4.69, 9.17) is 10.2 Å². The van der Waals surface area contributed by atoms with E-state index in [-0.39, 0.29) is 13.2 Å². The van der Waals surface area contributed by atoms with Crippen LogP contribution in [0.25, 0.3) is 11.3 Å². The molecule has 5 heteroatoms. The van der Waals surface area contributed by atoms with Gasteiger partial charge >= 0.3 is 0 Å². The molecule has 0 fully saturated rings. The summed E-state index contributed by atoms with van der Waals surface area (Å²) in [5, 5.41) is 22.3. The first-order chi connectivity index (χ1) is 7.85. The topological polar surface area (TPSA) is 71.2 Å². The van der Waals surface area contributed by atoms with Crippen LogP contribution in [0.4, 0.5) is 0 Å². The van der Waals surface area contributed by atoms with Crippen LogP contribution in [0, 0.1) is 0 Å². The Morgan fingerprint density at radius 2 is 2.19 bits per heavy atom. The predicted molar refractivity (Wildman–Crippen MR) is 58.5 cm³/mol. The maximum absolute atomic E-state index is 9.15. The molecular weight excluding hydrogens is 206 g/mol. The average Bonchev–Trinajstić information content (AvgIpc) is 2.74. The molecule has 84 valence electrons. The maximum atomic E-state index is 9.15. The predicted octanol–water partition coefficient (Wildman–Crippen LogP) is 0.430. The molecule has 16 heavy (non-hydrogen) atoms. The van der Waals surface area contributed by atoms with Crippen LogP contribution in [0.5, 0.6) is 0 Å². The molecule has 0 saturated heterocycles. The Hall–Kier alpha value is -1.72. The number of nitrogens with zero attached hydrogens (tertiary/aromatic N) is 3. The number of hydrogen-bond acceptors (Lipinski definition) is 4. The number of pyridine rings is 1. The fraction of sp³-hybridized carbons (Fsp3) is 0.273. The minimum atomic E-state index is -0.0900. The van der Waals surface area contributed by atoms with Gasteiger partial charge in [0, 0.05) is 18.0 Å². The Bertz CT molecular complexity index is 454. The van der Waals surface area contributed by atoms with Gasteiger partial charge in [0.25, 0.3) is 0 Å². The van der Waals surface area contributed by atoms with Gasteiger partial charge in [0.15, 0.2) is 0 Å². The first-order valence-corrected chi connectivity index (χ1v) is 5.04. The second-order valence-corrected chi connectivity index (χ2v) is 3.37. The quantitative estimate of drug-likeness (QED) is 0.782. The van der Waals surface area contributed by atoms with Crippen molar-refractivity contribution in [1.82, 2.24) is 14.8 Å². The third kappa shape index (κ3) is 2.10. The fourth-order valence-corrected chi connectivity index (χ4v) is 1.53. The number of aliphatic hydroxyl groups is 2. The molecule has 2 aromatic heterocycles. The third-order valence-corrected chi connectivity index (χ3v) is 2.29. The molecular formula is C11H13N3O2. The monoisotopic (exact) mass is 219 g/mol. The molecule has 0 aliphatic carbocycles. The van der Waals surface area contributed by atoms with E-state index in [1.54, 1.807) is 23.1 Å². The Kier molecular flexibility index (Phi) is 3.28. The van der Waals surface area contributed by atoms with Gasteiger partial charge in [0.1, 0.15) is 0 Å². The van der Waals surface area contributed by atoms with Gasteiger partial charge in [-0.1, -0.05) is 0 Å². The van der Waals surface area contributed by atoms with Crippen LogP contribution < -0.4 is 0 Å². The highest BCUT2D eigenvalue weighted by Gasteiger charge is 2.08. The summed E-state index contributed by atoms with van der Waals surface area (Å²) in [5.74, 6) is 0.